The van der Waals surface area contributed by atoms with Gasteiger partial charge in [-0.15, -0.1) is 0 Å². The first-order valence-electron chi connectivity index (χ1n) is 7.01. The van der Waals surface area contributed by atoms with Crippen molar-refractivity contribution in [1.82, 2.24) is 4.90 Å². The standard InChI is InChI=1S/C14H25NO3.CH4/c1-4-13(18-12(3)16)8-5-7-11(2)15-10-6-9-14(15)17;/h11,13H,4-10H2,1-3H3;1H4. The third kappa shape index (κ3) is 6.08. The molecule has 1 aliphatic heterocycles. The van der Waals surface area contributed by atoms with Gasteiger partial charge in [-0.1, -0.05) is 14.4 Å². The number of ether oxygens (including phenoxy) is 1. The van der Waals surface area contributed by atoms with Gasteiger partial charge in [0.2, 0.25) is 5.91 Å². The summed E-state index contributed by atoms with van der Waals surface area (Å²) in [6.07, 6.45) is 5.46. The quantitative estimate of drug-likeness (QED) is 0.668. The summed E-state index contributed by atoms with van der Waals surface area (Å²) in [5.41, 5.74) is 0. The van der Waals surface area contributed by atoms with Crippen molar-refractivity contribution in [3.63, 3.8) is 0 Å². The predicted molar refractivity (Wildman–Crippen MR) is 76.8 cm³/mol. The molecule has 0 aliphatic carbocycles. The molecule has 2 atom stereocenters. The summed E-state index contributed by atoms with van der Waals surface area (Å²) in [5.74, 6) is 0.0825. The predicted octanol–water partition coefficient (Wildman–Crippen LogP) is 3.15. The van der Waals surface area contributed by atoms with Crippen molar-refractivity contribution in [3.8, 4) is 0 Å². The van der Waals surface area contributed by atoms with Crippen LogP contribution in [0.15, 0.2) is 0 Å². The van der Waals surface area contributed by atoms with Crippen molar-refractivity contribution in [2.75, 3.05) is 6.54 Å². The summed E-state index contributed by atoms with van der Waals surface area (Å²) in [6, 6.07) is 0.315. The Hall–Kier alpha value is -1.06. The smallest absolute Gasteiger partial charge is 0.302 e. The molecule has 0 N–H and O–H groups in total. The molecule has 4 nitrogen and oxygen atoms in total. The van der Waals surface area contributed by atoms with Gasteiger partial charge in [0.25, 0.3) is 0 Å². The lowest BCUT2D eigenvalue weighted by Crippen LogP contribution is -2.34. The maximum Gasteiger partial charge on any atom is 0.302 e. The molecule has 1 fully saturated rings. The van der Waals surface area contributed by atoms with E-state index in [-0.39, 0.29) is 25.4 Å². The van der Waals surface area contributed by atoms with Crippen molar-refractivity contribution >= 4 is 11.9 Å². The molecule has 0 radical (unpaired) electrons. The Morgan fingerprint density at radius 1 is 1.42 bits per heavy atom. The number of esters is 1. The van der Waals surface area contributed by atoms with E-state index in [2.05, 4.69) is 6.92 Å². The van der Waals surface area contributed by atoms with Gasteiger partial charge in [-0.3, -0.25) is 9.59 Å². The van der Waals surface area contributed by atoms with Crippen molar-refractivity contribution in [1.29, 1.82) is 0 Å². The number of carbonyl (C=O) groups is 2. The fourth-order valence-corrected chi connectivity index (χ4v) is 2.51. The zero-order valence-electron chi connectivity index (χ0n) is 11.8. The van der Waals surface area contributed by atoms with Crippen LogP contribution in [0.1, 0.15) is 66.7 Å². The Morgan fingerprint density at radius 2 is 2.11 bits per heavy atom. The van der Waals surface area contributed by atoms with Gasteiger partial charge in [0.1, 0.15) is 6.10 Å². The molecule has 4 heteroatoms. The van der Waals surface area contributed by atoms with E-state index in [1.807, 2.05) is 11.8 Å². The van der Waals surface area contributed by atoms with E-state index in [0.717, 1.165) is 38.6 Å². The Morgan fingerprint density at radius 3 is 2.58 bits per heavy atom. The topological polar surface area (TPSA) is 46.6 Å². The highest BCUT2D eigenvalue weighted by molar-refractivity contribution is 5.78. The molecule has 0 aromatic rings. The Balaban J connectivity index is 0.00000324. The molecule has 19 heavy (non-hydrogen) atoms. The SMILES string of the molecule is C.CCC(CCCC(C)N1CCCC1=O)OC(C)=O. The van der Waals surface area contributed by atoms with E-state index < -0.39 is 0 Å². The fourth-order valence-electron chi connectivity index (χ4n) is 2.51. The lowest BCUT2D eigenvalue weighted by Gasteiger charge is -2.24. The van der Waals surface area contributed by atoms with Crippen molar-refractivity contribution in [2.24, 2.45) is 0 Å². The number of hydrogen-bond acceptors (Lipinski definition) is 3. The van der Waals surface area contributed by atoms with E-state index in [9.17, 15) is 9.59 Å². The number of nitrogens with zero attached hydrogens (tertiary/aromatic N) is 1. The first kappa shape index (κ1) is 17.9. The van der Waals surface area contributed by atoms with Crippen LogP contribution in [0.5, 0.6) is 0 Å². The number of likely N-dealkylation sites (tertiary alicyclic amines) is 1. The van der Waals surface area contributed by atoms with Crippen LogP contribution in [0, 0.1) is 0 Å². The Labute approximate surface area is 117 Å². The van der Waals surface area contributed by atoms with Gasteiger partial charge in [-0.2, -0.15) is 0 Å². The molecule has 1 rings (SSSR count). The average Bonchev–Trinajstić information content (AvgIpc) is 2.73. The second-order valence-corrected chi connectivity index (χ2v) is 5.11. The molecule has 112 valence electrons. The fraction of sp³-hybridized carbons (Fsp3) is 0.867. The highest BCUT2D eigenvalue weighted by Gasteiger charge is 2.24. The summed E-state index contributed by atoms with van der Waals surface area (Å²) in [7, 11) is 0. The summed E-state index contributed by atoms with van der Waals surface area (Å²) >= 11 is 0. The highest BCUT2D eigenvalue weighted by Crippen LogP contribution is 2.18. The van der Waals surface area contributed by atoms with E-state index in [1.165, 1.54) is 6.92 Å². The third-order valence-corrected chi connectivity index (χ3v) is 3.58. The van der Waals surface area contributed by atoms with Gasteiger partial charge in [0, 0.05) is 25.9 Å². The second kappa shape index (κ2) is 8.94. The zero-order valence-corrected chi connectivity index (χ0v) is 11.8. The van der Waals surface area contributed by atoms with Crippen molar-refractivity contribution < 1.29 is 14.3 Å². The van der Waals surface area contributed by atoms with Gasteiger partial charge >= 0.3 is 5.97 Å². The molecule has 0 aromatic carbocycles. The Kier molecular flexibility index (Phi) is 8.44. The third-order valence-electron chi connectivity index (χ3n) is 3.58. The molecule has 1 amide bonds. The molecule has 1 aliphatic rings. The normalized spacial score (nSPS) is 17.8. The summed E-state index contributed by atoms with van der Waals surface area (Å²) in [4.78, 5) is 24.4. The number of amides is 1. The maximum atomic E-state index is 11.6. The van der Waals surface area contributed by atoms with Gasteiger partial charge in [-0.05, 0) is 39.0 Å². The first-order valence-corrected chi connectivity index (χ1v) is 7.01. The van der Waals surface area contributed by atoms with Crippen LogP contribution in [0.3, 0.4) is 0 Å². The molecule has 0 spiro atoms. The van der Waals surface area contributed by atoms with E-state index in [0.29, 0.717) is 12.5 Å². The molecule has 0 saturated carbocycles. The minimum Gasteiger partial charge on any atom is -0.463 e. The Bertz CT molecular complexity index is 291. The van der Waals surface area contributed by atoms with Crippen LogP contribution in [0.25, 0.3) is 0 Å². The molecular formula is C15H29NO3. The summed E-state index contributed by atoms with van der Waals surface area (Å²) in [6.45, 7) is 6.49. The van der Waals surface area contributed by atoms with Gasteiger partial charge in [0.15, 0.2) is 0 Å². The molecular weight excluding hydrogens is 242 g/mol. The van der Waals surface area contributed by atoms with Crippen LogP contribution in [-0.4, -0.2) is 35.5 Å². The highest BCUT2D eigenvalue weighted by atomic mass is 16.5. The minimum atomic E-state index is -0.204. The number of rotatable bonds is 7. The molecule has 1 saturated heterocycles. The average molecular weight is 271 g/mol. The molecule has 1 heterocycles. The van der Waals surface area contributed by atoms with Crippen molar-refractivity contribution in [3.05, 3.63) is 0 Å². The largest absolute Gasteiger partial charge is 0.463 e. The van der Waals surface area contributed by atoms with E-state index in [1.54, 1.807) is 0 Å². The molecule has 0 bridgehead atoms. The minimum absolute atomic E-state index is 0. The molecule has 2 unspecified atom stereocenters. The van der Waals surface area contributed by atoms with Crippen LogP contribution in [0.2, 0.25) is 0 Å². The summed E-state index contributed by atoms with van der Waals surface area (Å²) in [5, 5.41) is 0. The molecule has 0 aromatic heterocycles. The second-order valence-electron chi connectivity index (χ2n) is 5.11. The lowest BCUT2D eigenvalue weighted by molar-refractivity contribution is -0.146. The van der Waals surface area contributed by atoms with Crippen LogP contribution < -0.4 is 0 Å². The lowest BCUT2D eigenvalue weighted by atomic mass is 10.1. The van der Waals surface area contributed by atoms with Crippen LogP contribution >= 0.6 is 0 Å². The number of carbonyl (C=O) groups excluding carboxylic acids is 2. The van der Waals surface area contributed by atoms with E-state index in [4.69, 9.17) is 4.74 Å². The van der Waals surface area contributed by atoms with Gasteiger partial charge < -0.3 is 9.64 Å². The van der Waals surface area contributed by atoms with Gasteiger partial charge in [0.05, 0.1) is 0 Å². The van der Waals surface area contributed by atoms with Crippen molar-refractivity contribution in [2.45, 2.75) is 78.9 Å². The zero-order chi connectivity index (χ0) is 13.5. The van der Waals surface area contributed by atoms with Crippen LogP contribution in [0.4, 0.5) is 0 Å². The maximum absolute atomic E-state index is 11.6. The van der Waals surface area contributed by atoms with E-state index >= 15 is 0 Å². The van der Waals surface area contributed by atoms with Crippen LogP contribution in [-0.2, 0) is 14.3 Å². The van der Waals surface area contributed by atoms with Gasteiger partial charge in [-0.25, -0.2) is 0 Å². The number of hydrogen-bond donors (Lipinski definition) is 0. The summed E-state index contributed by atoms with van der Waals surface area (Å²) < 4.78 is 5.21. The monoisotopic (exact) mass is 271 g/mol. The first-order chi connectivity index (χ1) is 8.54.